The maximum absolute atomic E-state index is 10.8. The van der Waals surface area contributed by atoms with Crippen molar-refractivity contribution in [3.63, 3.8) is 0 Å². The highest BCUT2D eigenvalue weighted by Gasteiger charge is 2.34. The zero-order valence-corrected chi connectivity index (χ0v) is 13.0. The molecule has 1 heterocycles. The molecule has 0 spiro atoms. The fourth-order valence-electron chi connectivity index (χ4n) is 2.97. The first-order valence-corrected chi connectivity index (χ1v) is 7.83. The van der Waals surface area contributed by atoms with Gasteiger partial charge in [0.25, 0.3) is 0 Å². The van der Waals surface area contributed by atoms with Gasteiger partial charge in [0, 0.05) is 13.0 Å². The molecule has 0 aromatic carbocycles. The number of halogens is 1. The lowest BCUT2D eigenvalue weighted by Gasteiger charge is -2.35. The molecular weight excluding hydrogens is 260 g/mol. The molecule has 1 aliphatic rings. The maximum atomic E-state index is 10.8. The topological polar surface area (TPSA) is 38.0 Å². The van der Waals surface area contributed by atoms with Gasteiger partial charge < -0.3 is 5.11 Å². The molecule has 1 saturated carbocycles. The minimum atomic E-state index is -0.589. The van der Waals surface area contributed by atoms with Crippen LogP contribution < -0.4 is 0 Å². The zero-order chi connectivity index (χ0) is 14.0. The van der Waals surface area contributed by atoms with Gasteiger partial charge in [-0.3, -0.25) is 4.68 Å². The number of aliphatic hydroxyl groups is 1. The SMILES string of the molecule is CCc1nn(CC)c(CC2(O)CCC(C)CC2)c1Cl. The third kappa shape index (κ3) is 3.14. The van der Waals surface area contributed by atoms with Gasteiger partial charge in [0.05, 0.1) is 22.0 Å². The monoisotopic (exact) mass is 284 g/mol. The van der Waals surface area contributed by atoms with E-state index in [0.717, 1.165) is 61.0 Å². The molecule has 1 N–H and O–H groups in total. The van der Waals surface area contributed by atoms with E-state index in [1.54, 1.807) is 0 Å². The number of aromatic nitrogens is 2. The lowest BCUT2D eigenvalue weighted by molar-refractivity contribution is -0.00824. The molecule has 4 heteroatoms. The first-order valence-electron chi connectivity index (χ1n) is 7.45. The molecule has 0 amide bonds. The fourth-order valence-corrected chi connectivity index (χ4v) is 3.31. The quantitative estimate of drug-likeness (QED) is 0.917. The van der Waals surface area contributed by atoms with Crippen LogP contribution >= 0.6 is 11.6 Å². The van der Waals surface area contributed by atoms with E-state index in [0.29, 0.717) is 6.42 Å². The van der Waals surface area contributed by atoms with E-state index in [9.17, 15) is 5.11 Å². The second-order valence-electron chi connectivity index (χ2n) is 5.96. The van der Waals surface area contributed by atoms with Crippen LogP contribution in [0.5, 0.6) is 0 Å². The van der Waals surface area contributed by atoms with Crippen LogP contribution in [0.4, 0.5) is 0 Å². The van der Waals surface area contributed by atoms with E-state index < -0.39 is 5.60 Å². The largest absolute Gasteiger partial charge is 0.389 e. The van der Waals surface area contributed by atoms with E-state index in [4.69, 9.17) is 11.6 Å². The molecule has 3 nitrogen and oxygen atoms in total. The molecule has 0 aliphatic heterocycles. The van der Waals surface area contributed by atoms with E-state index in [1.165, 1.54) is 0 Å². The molecule has 1 aromatic rings. The van der Waals surface area contributed by atoms with E-state index in [1.807, 2.05) is 4.68 Å². The van der Waals surface area contributed by atoms with E-state index in [-0.39, 0.29) is 0 Å². The predicted octanol–water partition coefficient (Wildman–Crippen LogP) is 3.60. The standard InChI is InChI=1S/C15H25ClN2O/c1-4-12-14(16)13(18(5-2)17-12)10-15(19)8-6-11(3)7-9-15/h11,19H,4-10H2,1-3H3. The van der Waals surface area contributed by atoms with E-state index in [2.05, 4.69) is 25.9 Å². The van der Waals surface area contributed by atoms with E-state index >= 15 is 0 Å². The van der Waals surface area contributed by atoms with Crippen LogP contribution in [-0.2, 0) is 19.4 Å². The summed E-state index contributed by atoms with van der Waals surface area (Å²) in [6, 6.07) is 0. The summed E-state index contributed by atoms with van der Waals surface area (Å²) in [5.74, 6) is 0.734. The van der Waals surface area contributed by atoms with Crippen molar-refractivity contribution in [2.24, 2.45) is 5.92 Å². The van der Waals surface area contributed by atoms with Crippen molar-refractivity contribution in [2.75, 3.05) is 0 Å². The highest BCUT2D eigenvalue weighted by molar-refractivity contribution is 6.31. The number of hydrogen-bond donors (Lipinski definition) is 1. The van der Waals surface area contributed by atoms with Gasteiger partial charge in [-0.25, -0.2) is 0 Å². The number of nitrogens with zero attached hydrogens (tertiary/aromatic N) is 2. The molecule has 108 valence electrons. The van der Waals surface area contributed by atoms with Crippen LogP contribution in [0.25, 0.3) is 0 Å². The van der Waals surface area contributed by atoms with Gasteiger partial charge in [0.15, 0.2) is 0 Å². The molecule has 0 atom stereocenters. The summed E-state index contributed by atoms with van der Waals surface area (Å²) in [5.41, 5.74) is 1.37. The fraction of sp³-hybridized carbons (Fsp3) is 0.800. The first kappa shape index (κ1) is 14.9. The summed E-state index contributed by atoms with van der Waals surface area (Å²) in [7, 11) is 0. The Bertz CT molecular complexity index is 434. The summed E-state index contributed by atoms with van der Waals surface area (Å²) in [6.45, 7) is 7.20. The van der Waals surface area contributed by atoms with Gasteiger partial charge in [-0.2, -0.15) is 5.10 Å². The maximum Gasteiger partial charge on any atom is 0.0850 e. The van der Waals surface area contributed by atoms with Crippen molar-refractivity contribution in [3.05, 3.63) is 16.4 Å². The molecule has 0 radical (unpaired) electrons. The van der Waals surface area contributed by atoms with Crippen molar-refractivity contribution in [1.29, 1.82) is 0 Å². The zero-order valence-electron chi connectivity index (χ0n) is 12.2. The Morgan fingerprint density at radius 1 is 1.37 bits per heavy atom. The van der Waals surface area contributed by atoms with Gasteiger partial charge in [0.1, 0.15) is 0 Å². The summed E-state index contributed by atoms with van der Waals surface area (Å²) in [5, 5.41) is 16.1. The third-order valence-corrected chi connectivity index (χ3v) is 4.83. The second-order valence-corrected chi connectivity index (χ2v) is 6.34. The summed E-state index contributed by atoms with van der Waals surface area (Å²) < 4.78 is 1.96. The third-order valence-electron chi connectivity index (χ3n) is 4.40. The van der Waals surface area contributed by atoms with Crippen LogP contribution in [0.1, 0.15) is 57.8 Å². The highest BCUT2D eigenvalue weighted by Crippen LogP contribution is 2.36. The number of hydrogen-bond acceptors (Lipinski definition) is 2. The Labute approximate surface area is 121 Å². The molecule has 0 bridgehead atoms. The molecule has 1 aromatic heterocycles. The Morgan fingerprint density at radius 3 is 2.53 bits per heavy atom. The van der Waals surface area contributed by atoms with Gasteiger partial charge in [-0.15, -0.1) is 0 Å². The van der Waals surface area contributed by atoms with Crippen LogP contribution in [0.15, 0.2) is 0 Å². The van der Waals surface area contributed by atoms with Crippen molar-refractivity contribution in [3.8, 4) is 0 Å². The average Bonchev–Trinajstić information content (AvgIpc) is 2.70. The van der Waals surface area contributed by atoms with Crippen molar-refractivity contribution >= 4 is 11.6 Å². The summed E-state index contributed by atoms with van der Waals surface area (Å²) in [4.78, 5) is 0. The van der Waals surface area contributed by atoms with Gasteiger partial charge in [-0.1, -0.05) is 25.4 Å². The Hall–Kier alpha value is -0.540. The molecule has 2 rings (SSSR count). The number of aryl methyl sites for hydroxylation is 2. The highest BCUT2D eigenvalue weighted by atomic mass is 35.5. The lowest BCUT2D eigenvalue weighted by atomic mass is 9.77. The minimum absolute atomic E-state index is 0.589. The average molecular weight is 285 g/mol. The van der Waals surface area contributed by atoms with Crippen molar-refractivity contribution < 1.29 is 5.11 Å². The van der Waals surface area contributed by atoms with Crippen LogP contribution in [0.3, 0.4) is 0 Å². The second kappa shape index (κ2) is 5.84. The molecule has 0 saturated heterocycles. The predicted molar refractivity (Wildman–Crippen MR) is 78.6 cm³/mol. The summed E-state index contributed by atoms with van der Waals surface area (Å²) >= 11 is 6.42. The van der Waals surface area contributed by atoms with Gasteiger partial charge >= 0.3 is 0 Å². The Morgan fingerprint density at radius 2 is 2.00 bits per heavy atom. The molecule has 0 unspecified atom stereocenters. The molecule has 1 fully saturated rings. The Kier molecular flexibility index (Phi) is 4.57. The van der Waals surface area contributed by atoms with Crippen LogP contribution in [0.2, 0.25) is 5.02 Å². The van der Waals surface area contributed by atoms with Crippen LogP contribution in [0, 0.1) is 5.92 Å². The van der Waals surface area contributed by atoms with Gasteiger partial charge in [0.2, 0.25) is 0 Å². The van der Waals surface area contributed by atoms with Gasteiger partial charge in [-0.05, 0) is 44.9 Å². The van der Waals surface area contributed by atoms with Crippen LogP contribution in [-0.4, -0.2) is 20.5 Å². The number of rotatable bonds is 4. The normalized spacial score (nSPS) is 27.7. The lowest BCUT2D eigenvalue weighted by Crippen LogP contribution is -2.36. The van der Waals surface area contributed by atoms with Crippen molar-refractivity contribution in [2.45, 2.75) is 71.4 Å². The molecular formula is C15H25ClN2O. The Balaban J connectivity index is 2.20. The minimum Gasteiger partial charge on any atom is -0.389 e. The first-order chi connectivity index (χ1) is 8.99. The molecule has 1 aliphatic carbocycles. The summed E-state index contributed by atoms with van der Waals surface area (Å²) in [6.07, 6.45) is 5.44. The molecule has 19 heavy (non-hydrogen) atoms. The smallest absolute Gasteiger partial charge is 0.0850 e. The van der Waals surface area contributed by atoms with Crippen molar-refractivity contribution in [1.82, 2.24) is 9.78 Å².